The summed E-state index contributed by atoms with van der Waals surface area (Å²) < 4.78 is 5.08. The van der Waals surface area contributed by atoms with Gasteiger partial charge < -0.3 is 14.8 Å². The van der Waals surface area contributed by atoms with Crippen LogP contribution >= 0.6 is 0 Å². The lowest BCUT2D eigenvalue weighted by Gasteiger charge is -2.03. The van der Waals surface area contributed by atoms with Gasteiger partial charge in [-0.25, -0.2) is 4.98 Å². The molecule has 12 heavy (non-hydrogen) atoms. The van der Waals surface area contributed by atoms with Crippen molar-refractivity contribution in [2.75, 3.05) is 6.54 Å². The molecule has 1 saturated heterocycles. The monoisotopic (exact) mass is 168 g/mol. The molecule has 0 radical (unpaired) electrons. The van der Waals surface area contributed by atoms with E-state index in [-0.39, 0.29) is 12.1 Å². The first-order chi connectivity index (χ1) is 5.75. The van der Waals surface area contributed by atoms with E-state index in [4.69, 9.17) is 4.42 Å². The largest absolute Gasteiger partial charge is 0.449 e. The highest BCUT2D eigenvalue weighted by Crippen LogP contribution is 2.22. The molecule has 0 bridgehead atoms. The molecule has 0 amide bonds. The summed E-state index contributed by atoms with van der Waals surface area (Å²) in [5.41, 5.74) is 0.893. The van der Waals surface area contributed by atoms with E-state index < -0.39 is 0 Å². The normalized spacial score (nSPS) is 29.5. The van der Waals surface area contributed by atoms with Gasteiger partial charge in [-0.15, -0.1) is 0 Å². The van der Waals surface area contributed by atoms with Crippen molar-refractivity contribution in [3.63, 3.8) is 0 Å². The average molecular weight is 168 g/mol. The average Bonchev–Trinajstić information content (AvgIpc) is 2.58. The van der Waals surface area contributed by atoms with Gasteiger partial charge in [-0.3, -0.25) is 0 Å². The van der Waals surface area contributed by atoms with Crippen LogP contribution in [0.1, 0.15) is 24.0 Å². The number of nitrogens with zero attached hydrogens (tertiary/aromatic N) is 1. The van der Waals surface area contributed by atoms with Crippen LogP contribution < -0.4 is 5.32 Å². The van der Waals surface area contributed by atoms with E-state index >= 15 is 0 Å². The van der Waals surface area contributed by atoms with Gasteiger partial charge in [-0.1, -0.05) is 0 Å². The number of aryl methyl sites for hydroxylation is 1. The van der Waals surface area contributed by atoms with Crippen LogP contribution in [-0.4, -0.2) is 22.7 Å². The highest BCUT2D eigenvalue weighted by atomic mass is 16.3. The summed E-state index contributed by atoms with van der Waals surface area (Å²) in [6, 6.07) is 0.164. The Balaban J connectivity index is 2.11. The van der Waals surface area contributed by atoms with E-state index in [0.29, 0.717) is 12.4 Å². The minimum absolute atomic E-state index is 0.164. The number of hydrogen-bond donors (Lipinski definition) is 2. The first-order valence-electron chi connectivity index (χ1n) is 4.09. The molecule has 4 nitrogen and oxygen atoms in total. The van der Waals surface area contributed by atoms with Gasteiger partial charge in [-0.2, -0.15) is 0 Å². The van der Waals surface area contributed by atoms with Gasteiger partial charge in [0.05, 0.1) is 17.8 Å². The number of β-amino-alcohol motifs (C(OH)–C–C–N with tert-alkyl or cyclic N) is 1. The third kappa shape index (κ3) is 1.35. The first kappa shape index (κ1) is 7.76. The lowest BCUT2D eigenvalue weighted by molar-refractivity contribution is 0.193. The van der Waals surface area contributed by atoms with Crippen LogP contribution in [0.3, 0.4) is 0 Å². The summed E-state index contributed by atoms with van der Waals surface area (Å²) in [4.78, 5) is 4.19. The van der Waals surface area contributed by atoms with Gasteiger partial charge in [0.2, 0.25) is 0 Å². The van der Waals surface area contributed by atoms with Gasteiger partial charge in [0, 0.05) is 13.5 Å². The molecule has 4 heteroatoms. The quantitative estimate of drug-likeness (QED) is 0.636. The second-order valence-corrected chi connectivity index (χ2v) is 3.14. The van der Waals surface area contributed by atoms with Crippen LogP contribution in [0.5, 0.6) is 0 Å². The van der Waals surface area contributed by atoms with Crippen molar-refractivity contribution in [2.24, 2.45) is 0 Å². The Morgan fingerprint density at radius 1 is 1.75 bits per heavy atom. The zero-order valence-electron chi connectivity index (χ0n) is 6.95. The maximum Gasteiger partial charge on any atom is 0.191 e. The Hall–Kier alpha value is -0.870. The number of aliphatic hydroxyl groups is 1. The predicted octanol–water partition coefficient (Wildman–Crippen LogP) is 0.378. The number of rotatable bonds is 1. The van der Waals surface area contributed by atoms with Gasteiger partial charge in [0.1, 0.15) is 6.26 Å². The summed E-state index contributed by atoms with van der Waals surface area (Å²) >= 11 is 0. The van der Waals surface area contributed by atoms with Gasteiger partial charge >= 0.3 is 0 Å². The Morgan fingerprint density at radius 3 is 3.08 bits per heavy atom. The fourth-order valence-corrected chi connectivity index (χ4v) is 1.48. The zero-order chi connectivity index (χ0) is 8.55. The summed E-state index contributed by atoms with van der Waals surface area (Å²) in [6.07, 6.45) is 2.13. The van der Waals surface area contributed by atoms with Crippen molar-refractivity contribution >= 4 is 0 Å². The molecular formula is C8H12N2O2. The molecule has 2 heterocycles. The van der Waals surface area contributed by atoms with E-state index in [1.54, 1.807) is 6.26 Å². The molecule has 0 spiro atoms. The van der Waals surface area contributed by atoms with Crippen LogP contribution in [0.2, 0.25) is 0 Å². The maximum atomic E-state index is 9.25. The summed E-state index contributed by atoms with van der Waals surface area (Å²) in [7, 11) is 0. The summed E-state index contributed by atoms with van der Waals surface area (Å²) in [6.45, 7) is 2.46. The van der Waals surface area contributed by atoms with Crippen LogP contribution in [0.4, 0.5) is 0 Å². The molecule has 1 aromatic rings. The Kier molecular flexibility index (Phi) is 1.86. The third-order valence-corrected chi connectivity index (χ3v) is 2.10. The standard InChI is InChI=1S/C8H12N2O2/c1-5-10-8(4-12-5)7-2-6(11)3-9-7/h4,6-7,9,11H,2-3H2,1H3. The van der Waals surface area contributed by atoms with E-state index in [1.165, 1.54) is 0 Å². The van der Waals surface area contributed by atoms with E-state index in [2.05, 4.69) is 10.3 Å². The van der Waals surface area contributed by atoms with Crippen molar-refractivity contribution in [2.45, 2.75) is 25.5 Å². The number of hydrogen-bond acceptors (Lipinski definition) is 4. The molecular weight excluding hydrogens is 156 g/mol. The second-order valence-electron chi connectivity index (χ2n) is 3.14. The van der Waals surface area contributed by atoms with Crippen LogP contribution in [0.15, 0.2) is 10.7 Å². The van der Waals surface area contributed by atoms with Crippen LogP contribution in [-0.2, 0) is 0 Å². The Bertz CT molecular complexity index is 272. The summed E-state index contributed by atoms with van der Waals surface area (Å²) in [5.74, 6) is 0.674. The lowest BCUT2D eigenvalue weighted by atomic mass is 10.1. The number of aromatic nitrogens is 1. The van der Waals surface area contributed by atoms with E-state index in [1.807, 2.05) is 6.92 Å². The topological polar surface area (TPSA) is 58.3 Å². The van der Waals surface area contributed by atoms with Crippen LogP contribution in [0.25, 0.3) is 0 Å². The molecule has 1 aromatic heterocycles. The molecule has 1 fully saturated rings. The summed E-state index contributed by atoms with van der Waals surface area (Å²) in [5, 5.41) is 12.4. The lowest BCUT2D eigenvalue weighted by Crippen LogP contribution is -2.15. The molecule has 2 atom stereocenters. The van der Waals surface area contributed by atoms with Gasteiger partial charge in [0.15, 0.2) is 5.89 Å². The highest BCUT2D eigenvalue weighted by molar-refractivity contribution is 5.05. The van der Waals surface area contributed by atoms with Crippen molar-refractivity contribution in [3.05, 3.63) is 17.8 Å². The smallest absolute Gasteiger partial charge is 0.191 e. The second kappa shape index (κ2) is 2.88. The maximum absolute atomic E-state index is 9.25. The minimum atomic E-state index is -0.244. The first-order valence-corrected chi connectivity index (χ1v) is 4.09. The van der Waals surface area contributed by atoms with Crippen molar-refractivity contribution in [1.82, 2.24) is 10.3 Å². The molecule has 1 aliphatic heterocycles. The van der Waals surface area contributed by atoms with Crippen molar-refractivity contribution in [1.29, 1.82) is 0 Å². The molecule has 2 unspecified atom stereocenters. The van der Waals surface area contributed by atoms with Crippen LogP contribution in [0, 0.1) is 6.92 Å². The molecule has 0 aromatic carbocycles. The molecule has 1 aliphatic rings. The molecule has 2 rings (SSSR count). The van der Waals surface area contributed by atoms with Gasteiger partial charge in [-0.05, 0) is 6.42 Å². The highest BCUT2D eigenvalue weighted by Gasteiger charge is 2.25. The fourth-order valence-electron chi connectivity index (χ4n) is 1.48. The molecule has 0 aliphatic carbocycles. The zero-order valence-corrected chi connectivity index (χ0v) is 6.95. The third-order valence-electron chi connectivity index (χ3n) is 2.10. The minimum Gasteiger partial charge on any atom is -0.449 e. The number of aliphatic hydroxyl groups excluding tert-OH is 1. The van der Waals surface area contributed by atoms with E-state index in [0.717, 1.165) is 12.1 Å². The molecule has 0 saturated carbocycles. The van der Waals surface area contributed by atoms with Crippen molar-refractivity contribution < 1.29 is 9.52 Å². The molecule has 66 valence electrons. The Labute approximate surface area is 70.6 Å². The SMILES string of the molecule is Cc1nc(C2CC(O)CN2)co1. The Morgan fingerprint density at radius 2 is 2.58 bits per heavy atom. The van der Waals surface area contributed by atoms with Gasteiger partial charge in [0.25, 0.3) is 0 Å². The molecule has 2 N–H and O–H groups in total. The van der Waals surface area contributed by atoms with E-state index in [9.17, 15) is 5.11 Å². The van der Waals surface area contributed by atoms with Crippen molar-refractivity contribution in [3.8, 4) is 0 Å². The number of nitrogens with one attached hydrogen (secondary N) is 1. The fraction of sp³-hybridized carbons (Fsp3) is 0.625. The number of oxazole rings is 1. The predicted molar refractivity (Wildman–Crippen MR) is 42.6 cm³/mol.